The van der Waals surface area contributed by atoms with E-state index in [1.165, 1.54) is 58.4 Å². The molecule has 2 unspecified atom stereocenters. The molecule has 3 heterocycles. The SMILES string of the molecule is CNC(C1=CCCCC1)C1CN2CCN1CC2. The molecule has 96 valence electrons. The molecule has 3 fully saturated rings. The Bertz CT molecular complexity index is 292. The number of nitrogens with zero attached hydrogens (tertiary/aromatic N) is 2. The summed E-state index contributed by atoms with van der Waals surface area (Å²) in [6, 6.07) is 1.31. The van der Waals surface area contributed by atoms with Crippen LogP contribution in [0.4, 0.5) is 0 Å². The van der Waals surface area contributed by atoms with E-state index in [4.69, 9.17) is 0 Å². The maximum absolute atomic E-state index is 3.59. The van der Waals surface area contributed by atoms with E-state index in [0.717, 1.165) is 0 Å². The molecule has 0 spiro atoms. The lowest BCUT2D eigenvalue weighted by Crippen LogP contribution is -2.66. The highest BCUT2D eigenvalue weighted by Gasteiger charge is 2.37. The van der Waals surface area contributed by atoms with Crippen molar-refractivity contribution in [3.8, 4) is 0 Å². The molecular weight excluding hydrogens is 210 g/mol. The first kappa shape index (κ1) is 11.7. The molecule has 0 aromatic carbocycles. The molecule has 3 aliphatic heterocycles. The highest BCUT2D eigenvalue weighted by molar-refractivity contribution is 5.18. The summed E-state index contributed by atoms with van der Waals surface area (Å²) in [5, 5.41) is 3.59. The Balaban J connectivity index is 1.74. The molecule has 3 heteroatoms. The van der Waals surface area contributed by atoms with E-state index in [-0.39, 0.29) is 0 Å². The molecule has 2 atom stereocenters. The summed E-state index contributed by atoms with van der Waals surface area (Å²) in [6.07, 6.45) is 7.89. The first-order chi connectivity index (χ1) is 8.38. The van der Waals surface area contributed by atoms with Gasteiger partial charge in [-0.3, -0.25) is 9.80 Å². The number of piperazine rings is 3. The maximum Gasteiger partial charge on any atom is 0.0447 e. The first-order valence-corrected chi connectivity index (χ1v) is 7.21. The summed E-state index contributed by atoms with van der Waals surface area (Å²) in [7, 11) is 2.14. The fourth-order valence-corrected chi connectivity index (χ4v) is 3.74. The Hall–Kier alpha value is -0.380. The molecule has 0 aromatic rings. The van der Waals surface area contributed by atoms with Crippen LogP contribution in [0.15, 0.2) is 11.6 Å². The van der Waals surface area contributed by atoms with E-state index in [1.807, 2.05) is 0 Å². The molecule has 0 aromatic heterocycles. The summed E-state index contributed by atoms with van der Waals surface area (Å²) < 4.78 is 0. The molecule has 3 saturated heterocycles. The first-order valence-electron chi connectivity index (χ1n) is 7.21. The largest absolute Gasteiger partial charge is 0.312 e. The van der Waals surface area contributed by atoms with Gasteiger partial charge in [-0.2, -0.15) is 0 Å². The van der Waals surface area contributed by atoms with Gasteiger partial charge in [-0.15, -0.1) is 0 Å². The lowest BCUT2D eigenvalue weighted by molar-refractivity contribution is 0.00251. The predicted molar refractivity (Wildman–Crippen MR) is 71.2 cm³/mol. The second kappa shape index (κ2) is 5.09. The zero-order chi connectivity index (χ0) is 11.7. The number of allylic oxidation sites excluding steroid dienone is 1. The van der Waals surface area contributed by atoms with Crippen LogP contribution in [-0.2, 0) is 0 Å². The summed E-state index contributed by atoms with van der Waals surface area (Å²) in [5.41, 5.74) is 1.68. The van der Waals surface area contributed by atoms with Gasteiger partial charge in [0.15, 0.2) is 0 Å². The average Bonchev–Trinajstić information content (AvgIpc) is 2.42. The zero-order valence-corrected chi connectivity index (χ0v) is 11.0. The molecule has 0 amide bonds. The van der Waals surface area contributed by atoms with Crippen LogP contribution in [0.3, 0.4) is 0 Å². The van der Waals surface area contributed by atoms with Crippen LogP contribution in [0.25, 0.3) is 0 Å². The van der Waals surface area contributed by atoms with Crippen LogP contribution in [0.2, 0.25) is 0 Å². The number of nitrogens with one attached hydrogen (secondary N) is 1. The lowest BCUT2D eigenvalue weighted by atomic mass is 9.87. The van der Waals surface area contributed by atoms with Gasteiger partial charge in [0.1, 0.15) is 0 Å². The van der Waals surface area contributed by atoms with E-state index in [1.54, 1.807) is 5.57 Å². The fourth-order valence-electron chi connectivity index (χ4n) is 3.74. The smallest absolute Gasteiger partial charge is 0.0447 e. The van der Waals surface area contributed by atoms with Gasteiger partial charge in [-0.1, -0.05) is 11.6 Å². The Labute approximate surface area is 105 Å². The van der Waals surface area contributed by atoms with Crippen LogP contribution in [0.5, 0.6) is 0 Å². The van der Waals surface area contributed by atoms with E-state index < -0.39 is 0 Å². The Morgan fingerprint density at radius 2 is 2.06 bits per heavy atom. The van der Waals surface area contributed by atoms with E-state index in [9.17, 15) is 0 Å². The van der Waals surface area contributed by atoms with Crippen molar-refractivity contribution >= 4 is 0 Å². The van der Waals surface area contributed by atoms with Gasteiger partial charge in [-0.25, -0.2) is 0 Å². The summed E-state index contributed by atoms with van der Waals surface area (Å²) >= 11 is 0. The highest BCUT2D eigenvalue weighted by Crippen LogP contribution is 2.27. The summed E-state index contributed by atoms with van der Waals surface area (Å²) in [4.78, 5) is 5.34. The van der Waals surface area contributed by atoms with Gasteiger partial charge in [0.2, 0.25) is 0 Å². The van der Waals surface area contributed by atoms with Gasteiger partial charge in [0, 0.05) is 44.8 Å². The molecule has 0 radical (unpaired) electrons. The topological polar surface area (TPSA) is 18.5 Å². The molecule has 4 aliphatic rings. The van der Waals surface area contributed by atoms with Gasteiger partial charge >= 0.3 is 0 Å². The fraction of sp³-hybridized carbons (Fsp3) is 0.857. The predicted octanol–water partition coefficient (Wildman–Crippen LogP) is 1.07. The molecule has 1 aliphatic carbocycles. The monoisotopic (exact) mass is 235 g/mol. The number of hydrogen-bond donors (Lipinski definition) is 1. The van der Waals surface area contributed by atoms with Crippen LogP contribution in [-0.4, -0.2) is 61.7 Å². The van der Waals surface area contributed by atoms with Crippen molar-refractivity contribution in [1.29, 1.82) is 0 Å². The Morgan fingerprint density at radius 3 is 2.59 bits per heavy atom. The Kier molecular flexibility index (Phi) is 3.50. The third kappa shape index (κ3) is 2.28. The molecule has 3 nitrogen and oxygen atoms in total. The second-order valence-corrected chi connectivity index (χ2v) is 5.70. The summed E-state index contributed by atoms with van der Waals surface area (Å²) in [6.45, 7) is 6.38. The van der Waals surface area contributed by atoms with Crippen molar-refractivity contribution in [1.82, 2.24) is 15.1 Å². The average molecular weight is 235 g/mol. The van der Waals surface area contributed by atoms with E-state index in [0.29, 0.717) is 12.1 Å². The van der Waals surface area contributed by atoms with Crippen LogP contribution in [0.1, 0.15) is 25.7 Å². The van der Waals surface area contributed by atoms with Gasteiger partial charge in [0.25, 0.3) is 0 Å². The zero-order valence-electron chi connectivity index (χ0n) is 11.0. The van der Waals surface area contributed by atoms with Gasteiger partial charge in [0.05, 0.1) is 0 Å². The number of rotatable bonds is 3. The molecule has 2 bridgehead atoms. The minimum absolute atomic E-state index is 0.596. The molecular formula is C14H25N3. The van der Waals surface area contributed by atoms with Crippen molar-refractivity contribution in [3.05, 3.63) is 11.6 Å². The quantitative estimate of drug-likeness (QED) is 0.738. The molecule has 4 rings (SSSR count). The number of fused-ring (bicyclic) bond motifs is 3. The second-order valence-electron chi connectivity index (χ2n) is 5.70. The van der Waals surface area contributed by atoms with Crippen molar-refractivity contribution in [3.63, 3.8) is 0 Å². The normalized spacial score (nSPS) is 38.9. The van der Waals surface area contributed by atoms with Crippen molar-refractivity contribution in [2.45, 2.75) is 37.8 Å². The van der Waals surface area contributed by atoms with Crippen molar-refractivity contribution in [2.24, 2.45) is 0 Å². The molecule has 1 N–H and O–H groups in total. The minimum Gasteiger partial charge on any atom is -0.312 e. The standard InChI is InChI=1S/C14H25N3/c1-15-14(12-5-3-2-4-6-12)13-11-16-7-9-17(13)10-8-16/h5,13-15H,2-4,6-11H2,1H3. The van der Waals surface area contributed by atoms with E-state index in [2.05, 4.69) is 28.2 Å². The highest BCUT2D eigenvalue weighted by atomic mass is 15.4. The minimum atomic E-state index is 0.596. The third-order valence-electron chi connectivity index (χ3n) is 4.74. The van der Waals surface area contributed by atoms with Crippen LogP contribution >= 0.6 is 0 Å². The number of hydrogen-bond acceptors (Lipinski definition) is 3. The molecule has 0 saturated carbocycles. The maximum atomic E-state index is 3.59. The van der Waals surface area contributed by atoms with E-state index >= 15 is 0 Å². The summed E-state index contributed by atoms with van der Waals surface area (Å²) in [5.74, 6) is 0. The lowest BCUT2D eigenvalue weighted by Gasteiger charge is -2.50. The molecule has 17 heavy (non-hydrogen) atoms. The number of likely N-dealkylation sites (N-methyl/N-ethyl adjacent to an activating group) is 1. The van der Waals surface area contributed by atoms with Crippen LogP contribution in [0, 0.1) is 0 Å². The van der Waals surface area contributed by atoms with Crippen molar-refractivity contribution < 1.29 is 0 Å². The van der Waals surface area contributed by atoms with Gasteiger partial charge in [-0.05, 0) is 32.7 Å². The van der Waals surface area contributed by atoms with Crippen LogP contribution < -0.4 is 5.32 Å². The van der Waals surface area contributed by atoms with Crippen molar-refractivity contribution in [2.75, 3.05) is 39.8 Å². The Morgan fingerprint density at radius 1 is 1.24 bits per heavy atom. The third-order valence-corrected chi connectivity index (χ3v) is 4.74. The van der Waals surface area contributed by atoms with Gasteiger partial charge < -0.3 is 5.32 Å².